The van der Waals surface area contributed by atoms with Crippen LogP contribution in [0.15, 0.2) is 48.5 Å². The number of ether oxygens (including phenoxy) is 1. The number of aromatic amines is 1. The lowest BCUT2D eigenvalue weighted by Gasteiger charge is -2.08. The van der Waals surface area contributed by atoms with E-state index in [9.17, 15) is 4.79 Å². The summed E-state index contributed by atoms with van der Waals surface area (Å²) in [4.78, 5) is 15.6. The standard InChI is InChI=1S/C18H18N2O2/c1-3-12-6-4-5-7-15(12)20-18(21)17-10-13-8-9-14(22-2)11-16(13)19-17/h4-11,19H,3H2,1-2H3,(H,20,21). The number of nitrogens with one attached hydrogen (secondary N) is 2. The summed E-state index contributed by atoms with van der Waals surface area (Å²) in [5.41, 5.74) is 3.39. The molecule has 4 heteroatoms. The molecule has 0 radical (unpaired) electrons. The summed E-state index contributed by atoms with van der Waals surface area (Å²) in [6, 6.07) is 15.4. The summed E-state index contributed by atoms with van der Waals surface area (Å²) in [6.45, 7) is 2.07. The number of methoxy groups -OCH3 is 1. The lowest BCUT2D eigenvalue weighted by atomic mass is 10.1. The number of aryl methyl sites for hydroxylation is 1. The molecular formula is C18H18N2O2. The SMILES string of the molecule is CCc1ccccc1NC(=O)c1cc2ccc(OC)cc2[nH]1. The van der Waals surface area contributed by atoms with E-state index in [1.165, 1.54) is 0 Å². The number of amides is 1. The smallest absolute Gasteiger partial charge is 0.272 e. The van der Waals surface area contributed by atoms with Crippen molar-refractivity contribution >= 4 is 22.5 Å². The third-order valence-electron chi connectivity index (χ3n) is 3.72. The molecule has 1 aromatic heterocycles. The highest BCUT2D eigenvalue weighted by molar-refractivity contribution is 6.06. The molecule has 3 aromatic rings. The van der Waals surface area contributed by atoms with Crippen molar-refractivity contribution in [1.82, 2.24) is 4.98 Å². The zero-order chi connectivity index (χ0) is 15.5. The van der Waals surface area contributed by atoms with Crippen molar-refractivity contribution in [2.45, 2.75) is 13.3 Å². The highest BCUT2D eigenvalue weighted by atomic mass is 16.5. The minimum absolute atomic E-state index is 0.143. The van der Waals surface area contributed by atoms with Gasteiger partial charge in [-0.05, 0) is 36.2 Å². The van der Waals surface area contributed by atoms with E-state index in [-0.39, 0.29) is 5.91 Å². The third kappa shape index (κ3) is 2.68. The topological polar surface area (TPSA) is 54.1 Å². The van der Waals surface area contributed by atoms with E-state index in [1.54, 1.807) is 7.11 Å². The van der Waals surface area contributed by atoms with E-state index in [1.807, 2.05) is 48.5 Å². The fourth-order valence-electron chi connectivity index (χ4n) is 2.50. The van der Waals surface area contributed by atoms with Crippen molar-refractivity contribution in [2.75, 3.05) is 12.4 Å². The van der Waals surface area contributed by atoms with Crippen molar-refractivity contribution in [3.8, 4) is 5.75 Å². The van der Waals surface area contributed by atoms with Crippen LogP contribution in [0.4, 0.5) is 5.69 Å². The predicted octanol–water partition coefficient (Wildman–Crippen LogP) is 3.99. The molecule has 0 atom stereocenters. The molecule has 22 heavy (non-hydrogen) atoms. The van der Waals surface area contributed by atoms with Crippen molar-refractivity contribution in [3.05, 3.63) is 59.8 Å². The van der Waals surface area contributed by atoms with Gasteiger partial charge in [-0.1, -0.05) is 25.1 Å². The second-order valence-corrected chi connectivity index (χ2v) is 5.10. The summed E-state index contributed by atoms with van der Waals surface area (Å²) >= 11 is 0. The van der Waals surface area contributed by atoms with Crippen LogP contribution in [0.3, 0.4) is 0 Å². The van der Waals surface area contributed by atoms with Crippen molar-refractivity contribution in [3.63, 3.8) is 0 Å². The quantitative estimate of drug-likeness (QED) is 0.764. The van der Waals surface area contributed by atoms with E-state index in [2.05, 4.69) is 17.2 Å². The number of carbonyl (C=O) groups excluding carboxylic acids is 1. The molecule has 112 valence electrons. The number of hydrogen-bond donors (Lipinski definition) is 2. The molecule has 3 rings (SSSR count). The lowest BCUT2D eigenvalue weighted by molar-refractivity contribution is 0.102. The van der Waals surface area contributed by atoms with Gasteiger partial charge in [-0.2, -0.15) is 0 Å². The van der Waals surface area contributed by atoms with E-state index in [0.717, 1.165) is 34.3 Å². The Morgan fingerprint density at radius 3 is 2.77 bits per heavy atom. The van der Waals surface area contributed by atoms with Gasteiger partial charge in [0.1, 0.15) is 11.4 Å². The molecule has 2 N–H and O–H groups in total. The second-order valence-electron chi connectivity index (χ2n) is 5.10. The molecule has 0 bridgehead atoms. The predicted molar refractivity (Wildman–Crippen MR) is 88.6 cm³/mol. The first kappa shape index (κ1) is 14.2. The van der Waals surface area contributed by atoms with E-state index >= 15 is 0 Å². The molecule has 1 amide bonds. The van der Waals surface area contributed by atoms with Gasteiger partial charge < -0.3 is 15.0 Å². The number of carbonyl (C=O) groups is 1. The van der Waals surface area contributed by atoms with E-state index in [4.69, 9.17) is 4.74 Å². The fraction of sp³-hybridized carbons (Fsp3) is 0.167. The number of hydrogen-bond acceptors (Lipinski definition) is 2. The van der Waals surface area contributed by atoms with Gasteiger partial charge in [-0.25, -0.2) is 0 Å². The third-order valence-corrected chi connectivity index (χ3v) is 3.72. The number of rotatable bonds is 4. The van der Waals surface area contributed by atoms with Crippen LogP contribution in [0.2, 0.25) is 0 Å². The molecule has 0 aliphatic rings. The van der Waals surface area contributed by atoms with Crippen LogP contribution >= 0.6 is 0 Å². The van der Waals surface area contributed by atoms with Crippen LogP contribution in [0, 0.1) is 0 Å². The van der Waals surface area contributed by atoms with Crippen molar-refractivity contribution in [2.24, 2.45) is 0 Å². The summed E-state index contributed by atoms with van der Waals surface area (Å²) in [5.74, 6) is 0.619. The Labute approximate surface area is 129 Å². The van der Waals surface area contributed by atoms with Crippen LogP contribution in [-0.2, 0) is 6.42 Å². The molecular weight excluding hydrogens is 276 g/mol. The zero-order valence-electron chi connectivity index (χ0n) is 12.6. The normalized spacial score (nSPS) is 10.6. The zero-order valence-corrected chi connectivity index (χ0v) is 12.6. The average molecular weight is 294 g/mol. The first-order valence-electron chi connectivity index (χ1n) is 7.27. The van der Waals surface area contributed by atoms with Gasteiger partial charge in [0.05, 0.1) is 7.11 Å². The number of H-pyrrole nitrogens is 1. The maximum absolute atomic E-state index is 12.4. The van der Waals surface area contributed by atoms with Gasteiger partial charge in [0.2, 0.25) is 0 Å². The lowest BCUT2D eigenvalue weighted by Crippen LogP contribution is -2.13. The average Bonchev–Trinajstić information content (AvgIpc) is 2.98. The van der Waals surface area contributed by atoms with Gasteiger partial charge in [-0.3, -0.25) is 4.79 Å². The van der Waals surface area contributed by atoms with Gasteiger partial charge >= 0.3 is 0 Å². The molecule has 0 fully saturated rings. The molecule has 0 aliphatic carbocycles. The number of fused-ring (bicyclic) bond motifs is 1. The van der Waals surface area contributed by atoms with Crippen molar-refractivity contribution in [1.29, 1.82) is 0 Å². The molecule has 4 nitrogen and oxygen atoms in total. The first-order valence-corrected chi connectivity index (χ1v) is 7.27. The minimum Gasteiger partial charge on any atom is -0.497 e. The van der Waals surface area contributed by atoms with Gasteiger partial charge in [-0.15, -0.1) is 0 Å². The summed E-state index contributed by atoms with van der Waals surface area (Å²) in [7, 11) is 1.62. The Hall–Kier alpha value is -2.75. The maximum Gasteiger partial charge on any atom is 0.272 e. The van der Waals surface area contributed by atoms with E-state index < -0.39 is 0 Å². The molecule has 0 unspecified atom stereocenters. The molecule has 1 heterocycles. The van der Waals surface area contributed by atoms with Crippen LogP contribution < -0.4 is 10.1 Å². The number of aromatic nitrogens is 1. The Balaban J connectivity index is 1.88. The molecule has 0 spiro atoms. The summed E-state index contributed by atoms with van der Waals surface area (Å²) < 4.78 is 5.20. The minimum atomic E-state index is -0.143. The van der Waals surface area contributed by atoms with Gasteiger partial charge in [0, 0.05) is 22.7 Å². The molecule has 0 saturated carbocycles. The maximum atomic E-state index is 12.4. The Kier molecular flexibility index (Phi) is 3.83. The number of anilines is 1. The molecule has 0 saturated heterocycles. The Morgan fingerprint density at radius 1 is 1.18 bits per heavy atom. The first-order chi connectivity index (χ1) is 10.7. The van der Waals surface area contributed by atoms with Crippen LogP contribution in [-0.4, -0.2) is 18.0 Å². The number of para-hydroxylation sites is 1. The van der Waals surface area contributed by atoms with E-state index in [0.29, 0.717) is 5.69 Å². The largest absolute Gasteiger partial charge is 0.497 e. The molecule has 2 aromatic carbocycles. The summed E-state index contributed by atoms with van der Waals surface area (Å²) in [6.07, 6.45) is 0.875. The Bertz CT molecular complexity index is 821. The van der Waals surface area contributed by atoms with Gasteiger partial charge in [0.15, 0.2) is 0 Å². The van der Waals surface area contributed by atoms with Crippen molar-refractivity contribution < 1.29 is 9.53 Å². The van der Waals surface area contributed by atoms with Crippen LogP contribution in [0.25, 0.3) is 10.9 Å². The summed E-state index contributed by atoms with van der Waals surface area (Å²) in [5, 5.41) is 3.95. The highest BCUT2D eigenvalue weighted by Crippen LogP contribution is 2.22. The van der Waals surface area contributed by atoms with Gasteiger partial charge in [0.25, 0.3) is 5.91 Å². The highest BCUT2D eigenvalue weighted by Gasteiger charge is 2.11. The fourth-order valence-corrected chi connectivity index (χ4v) is 2.50. The Morgan fingerprint density at radius 2 is 2.00 bits per heavy atom. The molecule has 0 aliphatic heterocycles. The monoisotopic (exact) mass is 294 g/mol. The van der Waals surface area contributed by atoms with Crippen LogP contribution in [0.5, 0.6) is 5.75 Å². The number of benzene rings is 2. The van der Waals surface area contributed by atoms with Crippen LogP contribution in [0.1, 0.15) is 23.0 Å². The second kappa shape index (κ2) is 5.93.